The van der Waals surface area contributed by atoms with Crippen molar-refractivity contribution < 1.29 is 31.6 Å². The van der Waals surface area contributed by atoms with Crippen molar-refractivity contribution in [2.24, 2.45) is 0 Å². The van der Waals surface area contributed by atoms with Crippen LogP contribution < -0.4 is 17.0 Å². The Morgan fingerprint density at radius 1 is 1.54 bits per heavy atom. The van der Waals surface area contributed by atoms with Gasteiger partial charge in [0.05, 0.1) is 20.2 Å². The van der Waals surface area contributed by atoms with Crippen LogP contribution in [0.15, 0.2) is 12.7 Å². The molecule has 0 radical (unpaired) electrons. The van der Waals surface area contributed by atoms with Crippen LogP contribution in [0.4, 0.5) is 0 Å². The molecule has 0 aromatic rings. The number of rotatable bonds is 6. The van der Waals surface area contributed by atoms with Gasteiger partial charge in [0, 0.05) is 6.42 Å². The predicted octanol–water partition coefficient (Wildman–Crippen LogP) is -2.04. The number of aliphatic hydroxyl groups is 1. The van der Waals surface area contributed by atoms with Crippen molar-refractivity contribution in [2.45, 2.75) is 19.4 Å². The summed E-state index contributed by atoms with van der Waals surface area (Å²) in [4.78, 5) is 5.44. The molecule has 0 aromatic heterocycles. The van der Waals surface area contributed by atoms with Crippen molar-refractivity contribution in [3.8, 4) is 0 Å². The zero-order valence-electron chi connectivity index (χ0n) is 8.66. The first-order valence-electron chi connectivity index (χ1n) is 4.24. The maximum Gasteiger partial charge on any atom is 0.124 e. The Kier molecular flexibility index (Phi) is 8.98. The minimum Gasteiger partial charge on any atom is -1.00 e. The standard InChI is InChI=1S/C9H20NO2.BrH/c1-5-8-12-10(3,4)7-6-9(2)11;/h5,9,11H,1,6-8H2,2-4H3;1H/q+1;/p-1. The molecule has 0 aliphatic rings. The zero-order valence-corrected chi connectivity index (χ0v) is 10.2. The van der Waals surface area contributed by atoms with Crippen molar-refractivity contribution in [2.75, 3.05) is 27.2 Å². The summed E-state index contributed by atoms with van der Waals surface area (Å²) >= 11 is 0. The van der Waals surface area contributed by atoms with E-state index in [1.165, 1.54) is 0 Å². The second-order valence-electron chi connectivity index (χ2n) is 3.52. The third kappa shape index (κ3) is 10.0. The van der Waals surface area contributed by atoms with Gasteiger partial charge in [-0.15, -0.1) is 6.58 Å². The molecule has 80 valence electrons. The molecule has 0 aliphatic carbocycles. The maximum atomic E-state index is 9.06. The van der Waals surface area contributed by atoms with Crippen molar-refractivity contribution in [3.05, 3.63) is 12.7 Å². The molecule has 13 heavy (non-hydrogen) atoms. The molecule has 0 rings (SSSR count). The summed E-state index contributed by atoms with van der Waals surface area (Å²) in [6.45, 7) is 6.72. The van der Waals surface area contributed by atoms with Gasteiger partial charge in [-0.1, -0.05) is 6.08 Å². The number of halogens is 1. The summed E-state index contributed by atoms with van der Waals surface area (Å²) in [6, 6.07) is 0. The molecular weight excluding hydrogens is 234 g/mol. The lowest BCUT2D eigenvalue weighted by atomic mass is 10.3. The molecule has 0 aliphatic heterocycles. The van der Waals surface area contributed by atoms with E-state index in [0.29, 0.717) is 11.3 Å². The molecule has 0 aromatic carbocycles. The van der Waals surface area contributed by atoms with E-state index in [4.69, 9.17) is 9.94 Å². The van der Waals surface area contributed by atoms with E-state index in [0.717, 1.165) is 13.0 Å². The lowest BCUT2D eigenvalue weighted by Gasteiger charge is -2.26. The highest BCUT2D eigenvalue weighted by Gasteiger charge is 2.16. The third-order valence-corrected chi connectivity index (χ3v) is 1.63. The van der Waals surface area contributed by atoms with Crippen LogP contribution in [0.3, 0.4) is 0 Å². The van der Waals surface area contributed by atoms with Gasteiger partial charge in [-0.3, -0.25) is 0 Å². The van der Waals surface area contributed by atoms with Gasteiger partial charge in [-0.25, -0.2) is 0 Å². The highest BCUT2D eigenvalue weighted by Crippen LogP contribution is 2.02. The van der Waals surface area contributed by atoms with Crippen LogP contribution in [-0.2, 0) is 4.84 Å². The molecule has 0 bridgehead atoms. The van der Waals surface area contributed by atoms with Crippen molar-refractivity contribution in [3.63, 3.8) is 0 Å². The Bertz CT molecular complexity index is 138. The van der Waals surface area contributed by atoms with E-state index < -0.39 is 0 Å². The second kappa shape index (κ2) is 7.50. The summed E-state index contributed by atoms with van der Waals surface area (Å²) in [6.07, 6.45) is 2.22. The Morgan fingerprint density at radius 3 is 2.46 bits per heavy atom. The Labute approximate surface area is 91.3 Å². The monoisotopic (exact) mass is 253 g/mol. The molecule has 4 heteroatoms. The summed E-state index contributed by atoms with van der Waals surface area (Å²) < 4.78 is 0.469. The molecule has 1 unspecified atom stereocenters. The molecule has 1 atom stereocenters. The third-order valence-electron chi connectivity index (χ3n) is 1.63. The van der Waals surface area contributed by atoms with Crippen LogP contribution in [-0.4, -0.2) is 43.1 Å². The van der Waals surface area contributed by atoms with Crippen LogP contribution in [0.5, 0.6) is 0 Å². The topological polar surface area (TPSA) is 29.5 Å². The summed E-state index contributed by atoms with van der Waals surface area (Å²) in [7, 11) is 3.93. The molecule has 1 N–H and O–H groups in total. The van der Waals surface area contributed by atoms with Gasteiger partial charge in [0.15, 0.2) is 0 Å². The zero-order chi connectivity index (χ0) is 9.61. The van der Waals surface area contributed by atoms with E-state index in [9.17, 15) is 0 Å². The van der Waals surface area contributed by atoms with Gasteiger partial charge in [0.25, 0.3) is 0 Å². The molecule has 3 nitrogen and oxygen atoms in total. The van der Waals surface area contributed by atoms with Gasteiger partial charge in [0.1, 0.15) is 13.2 Å². The van der Waals surface area contributed by atoms with Crippen molar-refractivity contribution in [1.29, 1.82) is 0 Å². The molecule has 0 spiro atoms. The predicted molar refractivity (Wildman–Crippen MR) is 49.4 cm³/mol. The molecule has 0 amide bonds. The maximum absolute atomic E-state index is 9.06. The fourth-order valence-electron chi connectivity index (χ4n) is 0.817. The summed E-state index contributed by atoms with van der Waals surface area (Å²) in [5.74, 6) is 0. The van der Waals surface area contributed by atoms with Gasteiger partial charge >= 0.3 is 0 Å². The van der Waals surface area contributed by atoms with Crippen LogP contribution >= 0.6 is 0 Å². The highest BCUT2D eigenvalue weighted by atomic mass is 79.9. The van der Waals surface area contributed by atoms with Crippen LogP contribution in [0.25, 0.3) is 0 Å². The van der Waals surface area contributed by atoms with E-state index in [-0.39, 0.29) is 23.1 Å². The van der Waals surface area contributed by atoms with E-state index >= 15 is 0 Å². The van der Waals surface area contributed by atoms with Crippen LogP contribution in [0.1, 0.15) is 13.3 Å². The highest BCUT2D eigenvalue weighted by molar-refractivity contribution is 4.62. The normalized spacial score (nSPS) is 13.2. The number of aliphatic hydroxyl groups excluding tert-OH is 1. The molecule has 0 fully saturated rings. The van der Waals surface area contributed by atoms with Gasteiger partial charge in [-0.2, -0.15) is 9.48 Å². The van der Waals surface area contributed by atoms with E-state index in [1.807, 2.05) is 14.1 Å². The number of hydrogen-bond acceptors (Lipinski definition) is 2. The first kappa shape index (κ1) is 15.6. The Balaban J connectivity index is 0. The average molecular weight is 254 g/mol. The first-order chi connectivity index (χ1) is 5.48. The first-order valence-corrected chi connectivity index (χ1v) is 4.24. The number of nitrogens with zero attached hydrogens (tertiary/aromatic N) is 1. The molecule has 0 saturated carbocycles. The minimum atomic E-state index is -0.255. The van der Waals surface area contributed by atoms with E-state index in [2.05, 4.69) is 6.58 Å². The SMILES string of the molecule is C=CCO[N+](C)(C)CCC(C)O.[Br-]. The van der Waals surface area contributed by atoms with Gasteiger partial charge in [0.2, 0.25) is 0 Å². The quantitative estimate of drug-likeness (QED) is 0.336. The van der Waals surface area contributed by atoms with E-state index in [1.54, 1.807) is 13.0 Å². The Morgan fingerprint density at radius 2 is 2.08 bits per heavy atom. The molecular formula is C9H20BrNO2. The minimum absolute atomic E-state index is 0. The number of quaternary nitrogens is 1. The summed E-state index contributed by atoms with van der Waals surface area (Å²) in [5.41, 5.74) is 0. The molecule has 0 heterocycles. The fourth-order valence-corrected chi connectivity index (χ4v) is 0.817. The second-order valence-corrected chi connectivity index (χ2v) is 3.52. The number of hydroxylamine groups is 3. The smallest absolute Gasteiger partial charge is 0.124 e. The fraction of sp³-hybridized carbons (Fsp3) is 0.778. The van der Waals surface area contributed by atoms with Crippen molar-refractivity contribution in [1.82, 2.24) is 0 Å². The van der Waals surface area contributed by atoms with Gasteiger partial charge in [-0.05, 0) is 6.92 Å². The lowest BCUT2D eigenvalue weighted by Crippen LogP contribution is -3.00. The number of hydrogen-bond donors (Lipinski definition) is 1. The van der Waals surface area contributed by atoms with Gasteiger partial charge < -0.3 is 22.1 Å². The van der Waals surface area contributed by atoms with Crippen LogP contribution in [0.2, 0.25) is 0 Å². The largest absolute Gasteiger partial charge is 1.00 e. The molecule has 0 saturated heterocycles. The Hall–Kier alpha value is 0.100. The summed E-state index contributed by atoms with van der Waals surface area (Å²) in [5, 5.41) is 9.06. The van der Waals surface area contributed by atoms with Crippen LogP contribution in [0, 0.1) is 0 Å². The lowest BCUT2D eigenvalue weighted by molar-refractivity contribution is -1.08. The van der Waals surface area contributed by atoms with Crippen molar-refractivity contribution >= 4 is 0 Å². The average Bonchev–Trinajstić information content (AvgIpc) is 1.98.